The van der Waals surface area contributed by atoms with Crippen molar-refractivity contribution in [3.8, 4) is 6.07 Å². The molecule has 0 aliphatic heterocycles. The highest BCUT2D eigenvalue weighted by atomic mass is 14.4. The molecule has 0 spiro atoms. The van der Waals surface area contributed by atoms with E-state index in [1.54, 1.807) is 0 Å². The van der Waals surface area contributed by atoms with Crippen molar-refractivity contribution >= 4 is 0 Å². The van der Waals surface area contributed by atoms with Crippen LogP contribution in [-0.4, -0.2) is 0 Å². The van der Waals surface area contributed by atoms with Crippen LogP contribution in [0, 0.1) is 34.0 Å². The largest absolute Gasteiger partial charge is 0.198 e. The van der Waals surface area contributed by atoms with E-state index in [0.717, 1.165) is 25.2 Å². The van der Waals surface area contributed by atoms with Crippen LogP contribution >= 0.6 is 0 Å². The second kappa shape index (κ2) is 4.78. The van der Waals surface area contributed by atoms with E-state index in [-0.39, 0.29) is 5.41 Å². The maximum Gasteiger partial charge on any atom is 0.0689 e. The first-order valence-corrected chi connectivity index (χ1v) is 6.70. The predicted octanol–water partition coefficient (Wildman–Crippen LogP) is 4.78. The molecule has 1 fully saturated rings. The Bertz CT molecular complexity index is 256. The van der Waals surface area contributed by atoms with E-state index >= 15 is 0 Å². The van der Waals surface area contributed by atoms with Crippen LogP contribution in [-0.2, 0) is 0 Å². The molecule has 1 aliphatic carbocycles. The zero-order chi connectivity index (χ0) is 12.4. The first-order valence-electron chi connectivity index (χ1n) is 6.70. The monoisotopic (exact) mass is 221 g/mol. The molecule has 0 aromatic heterocycles. The van der Waals surface area contributed by atoms with Crippen LogP contribution in [0.4, 0.5) is 0 Å². The SMILES string of the molecule is CC(C)CC1(C#N)CCC(C(C)(C)C)CC1. The van der Waals surface area contributed by atoms with Gasteiger partial charge in [-0.3, -0.25) is 0 Å². The van der Waals surface area contributed by atoms with Gasteiger partial charge in [0.2, 0.25) is 0 Å². The summed E-state index contributed by atoms with van der Waals surface area (Å²) < 4.78 is 0. The van der Waals surface area contributed by atoms with E-state index in [1.807, 2.05) is 0 Å². The highest BCUT2D eigenvalue weighted by Gasteiger charge is 2.39. The summed E-state index contributed by atoms with van der Waals surface area (Å²) in [5, 5.41) is 9.43. The molecular weight excluding hydrogens is 194 g/mol. The Morgan fingerprint density at radius 3 is 2.06 bits per heavy atom. The lowest BCUT2D eigenvalue weighted by Crippen LogP contribution is -2.32. The van der Waals surface area contributed by atoms with Gasteiger partial charge in [-0.1, -0.05) is 34.6 Å². The highest BCUT2D eigenvalue weighted by molar-refractivity contribution is 5.02. The first kappa shape index (κ1) is 13.6. The van der Waals surface area contributed by atoms with Gasteiger partial charge in [0.1, 0.15) is 0 Å². The minimum absolute atomic E-state index is 0.00405. The molecule has 0 unspecified atom stereocenters. The third kappa shape index (κ3) is 3.24. The zero-order valence-corrected chi connectivity index (χ0v) is 11.6. The standard InChI is InChI=1S/C15H27N/c1-12(2)10-15(11-16)8-6-13(7-9-15)14(3,4)5/h12-13H,6-10H2,1-5H3. The van der Waals surface area contributed by atoms with Gasteiger partial charge in [-0.2, -0.15) is 5.26 Å². The van der Waals surface area contributed by atoms with E-state index < -0.39 is 0 Å². The van der Waals surface area contributed by atoms with Crippen LogP contribution in [0.15, 0.2) is 0 Å². The number of hydrogen-bond acceptors (Lipinski definition) is 1. The van der Waals surface area contributed by atoms with Gasteiger partial charge in [0.05, 0.1) is 11.5 Å². The number of hydrogen-bond donors (Lipinski definition) is 0. The number of nitriles is 1. The fraction of sp³-hybridized carbons (Fsp3) is 0.933. The van der Waals surface area contributed by atoms with Gasteiger partial charge in [-0.25, -0.2) is 0 Å². The topological polar surface area (TPSA) is 23.8 Å². The molecule has 1 rings (SSSR count). The van der Waals surface area contributed by atoms with Gasteiger partial charge in [0.15, 0.2) is 0 Å². The van der Waals surface area contributed by atoms with E-state index in [2.05, 4.69) is 40.7 Å². The lowest BCUT2D eigenvalue weighted by atomic mass is 9.62. The summed E-state index contributed by atoms with van der Waals surface area (Å²) >= 11 is 0. The van der Waals surface area contributed by atoms with Gasteiger partial charge in [-0.05, 0) is 49.4 Å². The van der Waals surface area contributed by atoms with Crippen molar-refractivity contribution in [1.82, 2.24) is 0 Å². The zero-order valence-electron chi connectivity index (χ0n) is 11.6. The molecule has 1 nitrogen and oxygen atoms in total. The van der Waals surface area contributed by atoms with Gasteiger partial charge in [0.25, 0.3) is 0 Å². The van der Waals surface area contributed by atoms with Crippen molar-refractivity contribution in [3.05, 3.63) is 0 Å². The summed E-state index contributed by atoms with van der Waals surface area (Å²) in [6.07, 6.45) is 5.79. The van der Waals surface area contributed by atoms with E-state index in [1.165, 1.54) is 12.8 Å². The maximum absolute atomic E-state index is 9.43. The smallest absolute Gasteiger partial charge is 0.0689 e. The molecule has 0 aromatic rings. The summed E-state index contributed by atoms with van der Waals surface area (Å²) in [7, 11) is 0. The van der Waals surface area contributed by atoms with Crippen molar-refractivity contribution in [1.29, 1.82) is 5.26 Å². The predicted molar refractivity (Wildman–Crippen MR) is 68.9 cm³/mol. The molecule has 0 N–H and O–H groups in total. The summed E-state index contributed by atoms with van der Waals surface area (Å²) in [4.78, 5) is 0. The summed E-state index contributed by atoms with van der Waals surface area (Å²) in [6.45, 7) is 11.5. The third-order valence-electron chi connectivity index (χ3n) is 4.20. The Morgan fingerprint density at radius 2 is 1.75 bits per heavy atom. The third-order valence-corrected chi connectivity index (χ3v) is 4.20. The van der Waals surface area contributed by atoms with Crippen LogP contribution in [0.3, 0.4) is 0 Å². The van der Waals surface area contributed by atoms with E-state index in [9.17, 15) is 5.26 Å². The van der Waals surface area contributed by atoms with Crippen molar-refractivity contribution < 1.29 is 0 Å². The minimum atomic E-state index is -0.00405. The molecule has 0 radical (unpaired) electrons. The summed E-state index contributed by atoms with van der Waals surface area (Å²) in [5.74, 6) is 1.45. The second-order valence-corrected chi connectivity index (χ2v) is 7.13. The Morgan fingerprint density at radius 1 is 1.25 bits per heavy atom. The average molecular weight is 221 g/mol. The van der Waals surface area contributed by atoms with Gasteiger partial charge < -0.3 is 0 Å². The fourth-order valence-electron chi connectivity index (χ4n) is 3.18. The molecule has 1 saturated carbocycles. The molecule has 0 heterocycles. The van der Waals surface area contributed by atoms with E-state index in [4.69, 9.17) is 0 Å². The molecule has 1 aliphatic rings. The maximum atomic E-state index is 9.43. The molecule has 0 aromatic carbocycles. The molecule has 1 heteroatoms. The van der Waals surface area contributed by atoms with Gasteiger partial charge >= 0.3 is 0 Å². The Hall–Kier alpha value is -0.510. The lowest BCUT2D eigenvalue weighted by molar-refractivity contribution is 0.107. The highest BCUT2D eigenvalue weighted by Crippen LogP contribution is 2.47. The Labute approximate surface area is 101 Å². The normalized spacial score (nSPS) is 31.4. The molecular formula is C15H27N. The van der Waals surface area contributed by atoms with Crippen LogP contribution < -0.4 is 0 Å². The Kier molecular flexibility index (Phi) is 4.05. The molecule has 92 valence electrons. The van der Waals surface area contributed by atoms with Crippen LogP contribution in [0.5, 0.6) is 0 Å². The van der Waals surface area contributed by atoms with Crippen molar-refractivity contribution in [2.45, 2.75) is 66.7 Å². The van der Waals surface area contributed by atoms with E-state index in [0.29, 0.717) is 11.3 Å². The minimum Gasteiger partial charge on any atom is -0.198 e. The molecule has 0 amide bonds. The molecule has 16 heavy (non-hydrogen) atoms. The van der Waals surface area contributed by atoms with Gasteiger partial charge in [-0.15, -0.1) is 0 Å². The number of nitrogens with zero attached hydrogens (tertiary/aromatic N) is 1. The van der Waals surface area contributed by atoms with Crippen LogP contribution in [0.2, 0.25) is 0 Å². The quantitative estimate of drug-likeness (QED) is 0.658. The average Bonchev–Trinajstić information content (AvgIpc) is 2.16. The summed E-state index contributed by atoms with van der Waals surface area (Å²) in [5.41, 5.74) is 0.412. The lowest BCUT2D eigenvalue weighted by Gasteiger charge is -2.41. The summed E-state index contributed by atoms with van der Waals surface area (Å²) in [6, 6.07) is 2.62. The van der Waals surface area contributed by atoms with Crippen LogP contribution in [0.1, 0.15) is 66.7 Å². The van der Waals surface area contributed by atoms with Crippen LogP contribution in [0.25, 0.3) is 0 Å². The van der Waals surface area contributed by atoms with Crippen molar-refractivity contribution in [2.24, 2.45) is 22.7 Å². The second-order valence-electron chi connectivity index (χ2n) is 7.13. The Balaban J connectivity index is 2.62. The molecule has 0 atom stereocenters. The number of rotatable bonds is 2. The van der Waals surface area contributed by atoms with Crippen molar-refractivity contribution in [3.63, 3.8) is 0 Å². The first-order chi connectivity index (χ1) is 7.29. The van der Waals surface area contributed by atoms with Crippen molar-refractivity contribution in [2.75, 3.05) is 0 Å². The fourth-order valence-corrected chi connectivity index (χ4v) is 3.18. The molecule has 0 bridgehead atoms. The van der Waals surface area contributed by atoms with Gasteiger partial charge in [0, 0.05) is 0 Å². The molecule has 0 saturated heterocycles.